The van der Waals surface area contributed by atoms with Gasteiger partial charge in [0.1, 0.15) is 5.82 Å². The molecule has 0 radical (unpaired) electrons. The Kier molecular flexibility index (Phi) is 3.10. The fourth-order valence-electron chi connectivity index (χ4n) is 0.872. The molecule has 1 rings (SSSR count). The Balaban J connectivity index is 3.28. The summed E-state index contributed by atoms with van der Waals surface area (Å²) in [5.74, 6) is -1.07. The summed E-state index contributed by atoms with van der Waals surface area (Å²) in [5, 5.41) is 8.70. The number of benzene rings is 1. The van der Waals surface area contributed by atoms with Crippen molar-refractivity contribution in [2.45, 2.75) is 5.44 Å². The van der Waals surface area contributed by atoms with Crippen LogP contribution in [0.4, 0.5) is 4.39 Å². The van der Waals surface area contributed by atoms with Crippen LogP contribution in [0.25, 0.3) is 0 Å². The van der Waals surface area contributed by atoms with E-state index in [1.165, 1.54) is 12.1 Å². The lowest BCUT2D eigenvalue weighted by atomic mass is 10.2. The molecule has 0 saturated heterocycles. The van der Waals surface area contributed by atoms with E-state index in [0.717, 1.165) is 6.07 Å². The average Bonchev–Trinajstić information content (AvgIpc) is 2.07. The van der Waals surface area contributed by atoms with Gasteiger partial charge in [-0.3, -0.25) is 4.55 Å². The molecule has 0 aliphatic rings. The van der Waals surface area contributed by atoms with Crippen LogP contribution in [0.1, 0.15) is 11.0 Å². The molecule has 1 unspecified atom stereocenters. The lowest BCUT2D eigenvalue weighted by molar-refractivity contribution is 0.233. The Morgan fingerprint density at radius 1 is 1.43 bits per heavy atom. The van der Waals surface area contributed by atoms with Crippen molar-refractivity contribution in [1.82, 2.24) is 0 Å². The van der Waals surface area contributed by atoms with Crippen LogP contribution < -0.4 is 0 Å². The summed E-state index contributed by atoms with van der Waals surface area (Å²) < 4.78 is 42.6. The van der Waals surface area contributed by atoms with Gasteiger partial charge in [-0.25, -0.2) is 4.39 Å². The number of aliphatic hydroxyl groups is 1. The largest absolute Gasteiger partial charge is 0.371 e. The third kappa shape index (κ3) is 2.21. The number of rotatable bonds is 2. The van der Waals surface area contributed by atoms with E-state index in [4.69, 9.17) is 21.3 Å². The van der Waals surface area contributed by atoms with Gasteiger partial charge in [0.2, 0.25) is 5.44 Å². The fourth-order valence-corrected chi connectivity index (χ4v) is 1.56. The molecule has 4 nitrogen and oxygen atoms in total. The molecule has 14 heavy (non-hydrogen) atoms. The number of halogens is 2. The molecule has 1 atom stereocenters. The van der Waals surface area contributed by atoms with E-state index in [1.54, 1.807) is 0 Å². The number of aliphatic hydroxyl groups excluding tert-OH is 1. The Hall–Kier alpha value is -0.690. The summed E-state index contributed by atoms with van der Waals surface area (Å²) >= 11 is 5.35. The summed E-state index contributed by atoms with van der Waals surface area (Å²) in [7, 11) is -4.74. The zero-order valence-corrected chi connectivity index (χ0v) is 8.26. The molecule has 0 aliphatic carbocycles. The van der Waals surface area contributed by atoms with Crippen LogP contribution in [0.2, 0.25) is 5.02 Å². The molecule has 1 aromatic carbocycles. The maximum atomic E-state index is 13.1. The second kappa shape index (κ2) is 3.82. The molecule has 0 fully saturated rings. The first-order chi connectivity index (χ1) is 6.34. The SMILES string of the molecule is O=S(=O)(O)C(O)c1cccc(Cl)c1F. The van der Waals surface area contributed by atoms with E-state index in [1.807, 2.05) is 0 Å². The molecule has 0 saturated carbocycles. The molecule has 0 aliphatic heterocycles. The molecule has 0 bridgehead atoms. The second-order valence-electron chi connectivity index (χ2n) is 2.51. The third-order valence-corrected chi connectivity index (χ3v) is 2.64. The lowest BCUT2D eigenvalue weighted by Crippen LogP contribution is -2.12. The van der Waals surface area contributed by atoms with E-state index in [0.29, 0.717) is 0 Å². The number of hydrogen-bond donors (Lipinski definition) is 2. The zero-order valence-electron chi connectivity index (χ0n) is 6.68. The Morgan fingerprint density at radius 3 is 2.50 bits per heavy atom. The Bertz CT molecular complexity index is 445. The molecule has 0 aromatic heterocycles. The minimum absolute atomic E-state index is 0.329. The third-order valence-electron chi connectivity index (χ3n) is 1.53. The van der Waals surface area contributed by atoms with Crippen LogP contribution in [-0.2, 0) is 10.1 Å². The highest BCUT2D eigenvalue weighted by atomic mass is 35.5. The molecule has 0 amide bonds. The maximum Gasteiger partial charge on any atom is 0.296 e. The highest BCUT2D eigenvalue weighted by Crippen LogP contribution is 2.25. The highest BCUT2D eigenvalue weighted by Gasteiger charge is 2.25. The van der Waals surface area contributed by atoms with Crippen molar-refractivity contribution < 1.29 is 22.5 Å². The first-order valence-corrected chi connectivity index (χ1v) is 5.30. The van der Waals surface area contributed by atoms with Gasteiger partial charge in [0, 0.05) is 5.56 Å². The summed E-state index contributed by atoms with van der Waals surface area (Å²) in [6.45, 7) is 0. The average molecular weight is 241 g/mol. The van der Waals surface area contributed by atoms with Crippen LogP contribution in [0.3, 0.4) is 0 Å². The topological polar surface area (TPSA) is 74.6 Å². The lowest BCUT2D eigenvalue weighted by Gasteiger charge is -2.08. The van der Waals surface area contributed by atoms with Crippen LogP contribution in [0.5, 0.6) is 0 Å². The van der Waals surface area contributed by atoms with Gasteiger partial charge in [-0.05, 0) is 6.07 Å². The number of hydrogen-bond acceptors (Lipinski definition) is 3. The van der Waals surface area contributed by atoms with Crippen molar-refractivity contribution in [1.29, 1.82) is 0 Å². The first kappa shape index (κ1) is 11.4. The van der Waals surface area contributed by atoms with Crippen molar-refractivity contribution in [3.05, 3.63) is 34.6 Å². The van der Waals surface area contributed by atoms with Crippen LogP contribution >= 0.6 is 11.6 Å². The molecule has 2 N–H and O–H groups in total. The van der Waals surface area contributed by atoms with Crippen molar-refractivity contribution in [2.24, 2.45) is 0 Å². The molecule has 0 heterocycles. The van der Waals surface area contributed by atoms with Gasteiger partial charge in [0.15, 0.2) is 0 Å². The predicted octanol–water partition coefficient (Wildman–Crippen LogP) is 1.36. The molecule has 1 aromatic rings. The Labute approximate surface area is 84.7 Å². The fraction of sp³-hybridized carbons (Fsp3) is 0.143. The summed E-state index contributed by atoms with van der Waals surface area (Å²) in [6, 6.07) is 3.46. The second-order valence-corrected chi connectivity index (χ2v) is 4.39. The minimum atomic E-state index is -4.74. The summed E-state index contributed by atoms with van der Waals surface area (Å²) in [5.41, 5.74) is -2.90. The van der Waals surface area contributed by atoms with Gasteiger partial charge in [0.05, 0.1) is 5.02 Å². The summed E-state index contributed by atoms with van der Waals surface area (Å²) in [6.07, 6.45) is 0. The minimum Gasteiger partial charge on any atom is -0.371 e. The standard InChI is InChI=1S/C7H6ClFO4S/c8-5-3-1-2-4(6(5)9)7(10)14(11,12)13/h1-3,7,10H,(H,11,12,13). The van der Waals surface area contributed by atoms with Gasteiger partial charge in [-0.2, -0.15) is 8.42 Å². The van der Waals surface area contributed by atoms with Gasteiger partial charge < -0.3 is 5.11 Å². The van der Waals surface area contributed by atoms with E-state index >= 15 is 0 Å². The molecular formula is C7H6ClFO4S. The van der Waals surface area contributed by atoms with E-state index in [-0.39, 0.29) is 5.02 Å². The predicted molar refractivity (Wildman–Crippen MR) is 47.9 cm³/mol. The van der Waals surface area contributed by atoms with Crippen molar-refractivity contribution in [3.63, 3.8) is 0 Å². The maximum absolute atomic E-state index is 13.1. The monoisotopic (exact) mass is 240 g/mol. The van der Waals surface area contributed by atoms with Crippen LogP contribution in [0, 0.1) is 5.82 Å². The van der Waals surface area contributed by atoms with Gasteiger partial charge in [-0.1, -0.05) is 23.7 Å². The van der Waals surface area contributed by atoms with Crippen LogP contribution in [0.15, 0.2) is 18.2 Å². The van der Waals surface area contributed by atoms with E-state index in [2.05, 4.69) is 0 Å². The molecule has 7 heteroatoms. The Morgan fingerprint density at radius 2 is 2.00 bits per heavy atom. The molecule has 78 valence electrons. The first-order valence-electron chi connectivity index (χ1n) is 3.42. The van der Waals surface area contributed by atoms with E-state index < -0.39 is 26.9 Å². The van der Waals surface area contributed by atoms with Crippen molar-refractivity contribution in [2.75, 3.05) is 0 Å². The normalized spacial score (nSPS) is 14.0. The smallest absolute Gasteiger partial charge is 0.296 e. The molecular weight excluding hydrogens is 235 g/mol. The quantitative estimate of drug-likeness (QED) is 0.766. The van der Waals surface area contributed by atoms with Crippen molar-refractivity contribution in [3.8, 4) is 0 Å². The van der Waals surface area contributed by atoms with Gasteiger partial charge >= 0.3 is 0 Å². The summed E-state index contributed by atoms with van der Waals surface area (Å²) in [4.78, 5) is 0. The van der Waals surface area contributed by atoms with Crippen LogP contribution in [-0.4, -0.2) is 18.1 Å². The van der Waals surface area contributed by atoms with Gasteiger partial charge in [0.25, 0.3) is 10.1 Å². The van der Waals surface area contributed by atoms with Crippen molar-refractivity contribution >= 4 is 21.7 Å². The van der Waals surface area contributed by atoms with E-state index in [9.17, 15) is 12.8 Å². The molecule has 0 spiro atoms. The zero-order chi connectivity index (χ0) is 10.9. The highest BCUT2D eigenvalue weighted by molar-refractivity contribution is 7.85. The van der Waals surface area contributed by atoms with Gasteiger partial charge in [-0.15, -0.1) is 0 Å².